The molecule has 3 fully saturated rings. The summed E-state index contributed by atoms with van der Waals surface area (Å²) >= 11 is 0. The first kappa shape index (κ1) is 20.1. The molecule has 11 nitrogen and oxygen atoms in total. The molecule has 32 heavy (non-hydrogen) atoms. The number of carboxylic acid groups (broad SMARTS) is 1. The SMILES string of the molecule is O=C(c1nc2ncccn2n1)N1CC[C@@]23OC[C@@H](c4ccccc4)N2C(=O)C[C@@H]13.O=CO. The van der Waals surface area contributed by atoms with Gasteiger partial charge < -0.3 is 19.6 Å². The van der Waals surface area contributed by atoms with Crippen LogP contribution in [-0.4, -0.2) is 77.7 Å². The second-order valence-electron chi connectivity index (χ2n) is 7.72. The van der Waals surface area contributed by atoms with Crippen LogP contribution in [0.2, 0.25) is 0 Å². The van der Waals surface area contributed by atoms with Crippen LogP contribution < -0.4 is 0 Å². The lowest BCUT2D eigenvalue weighted by atomic mass is 10.0. The lowest BCUT2D eigenvalue weighted by Gasteiger charge is -2.33. The first-order valence-electron chi connectivity index (χ1n) is 10.2. The van der Waals surface area contributed by atoms with Crippen molar-refractivity contribution in [3.05, 3.63) is 60.2 Å². The number of benzene rings is 1. The Kier molecular flexibility index (Phi) is 4.82. The summed E-state index contributed by atoms with van der Waals surface area (Å²) in [5.74, 6) is 0.182. The highest BCUT2D eigenvalue weighted by Gasteiger charge is 2.65. The summed E-state index contributed by atoms with van der Waals surface area (Å²) < 4.78 is 7.73. The minimum atomic E-state index is -0.759. The van der Waals surface area contributed by atoms with Crippen LogP contribution in [0.25, 0.3) is 5.78 Å². The average Bonchev–Trinajstić information content (AvgIpc) is 3.54. The van der Waals surface area contributed by atoms with Crippen LogP contribution in [0, 0.1) is 0 Å². The highest BCUT2D eigenvalue weighted by molar-refractivity contribution is 5.93. The van der Waals surface area contributed by atoms with Crippen LogP contribution in [0.3, 0.4) is 0 Å². The highest BCUT2D eigenvalue weighted by Crippen LogP contribution is 2.51. The predicted molar refractivity (Wildman–Crippen MR) is 108 cm³/mol. The maximum Gasteiger partial charge on any atom is 0.294 e. The fraction of sp³-hybridized carbons (Fsp3) is 0.333. The van der Waals surface area contributed by atoms with Gasteiger partial charge in [0.25, 0.3) is 18.2 Å². The van der Waals surface area contributed by atoms with Gasteiger partial charge in [-0.1, -0.05) is 30.3 Å². The fourth-order valence-electron chi connectivity index (χ4n) is 4.96. The van der Waals surface area contributed by atoms with Crippen molar-refractivity contribution in [2.45, 2.75) is 30.7 Å². The molecule has 1 aromatic carbocycles. The standard InChI is InChI=1S/C20H18N6O3.CH2O2/c27-16-11-15-20(26(16)14(12-29-20)13-5-2-1-3-6-13)7-10-24(15)18(28)17-22-19-21-8-4-9-25(19)23-17;2-1-3/h1-6,8-9,14-15H,7,10-12H2;1H,(H,2,3)/t14-,15+,20-;/m0./s1. The molecule has 3 aromatic rings. The third kappa shape index (κ3) is 2.93. The number of fused-ring (bicyclic) bond motifs is 1. The summed E-state index contributed by atoms with van der Waals surface area (Å²) in [7, 11) is 0. The maximum absolute atomic E-state index is 13.2. The lowest BCUT2D eigenvalue weighted by Crippen LogP contribution is -2.49. The van der Waals surface area contributed by atoms with E-state index in [2.05, 4.69) is 15.1 Å². The van der Waals surface area contributed by atoms with Gasteiger partial charge in [-0.05, 0) is 11.6 Å². The molecule has 164 valence electrons. The van der Waals surface area contributed by atoms with Crippen LogP contribution in [0.15, 0.2) is 48.8 Å². The fourth-order valence-corrected chi connectivity index (χ4v) is 4.96. The third-order valence-electron chi connectivity index (χ3n) is 6.21. The van der Waals surface area contributed by atoms with Gasteiger partial charge in [0.15, 0.2) is 5.72 Å². The molecule has 3 atom stereocenters. The van der Waals surface area contributed by atoms with Gasteiger partial charge in [-0.25, -0.2) is 9.50 Å². The minimum absolute atomic E-state index is 0.0171. The molecule has 2 amide bonds. The summed E-state index contributed by atoms with van der Waals surface area (Å²) in [6.45, 7) is 0.683. The van der Waals surface area contributed by atoms with E-state index in [4.69, 9.17) is 14.6 Å². The van der Waals surface area contributed by atoms with E-state index in [-0.39, 0.29) is 42.6 Å². The van der Waals surface area contributed by atoms with Gasteiger partial charge in [0.1, 0.15) is 0 Å². The second kappa shape index (κ2) is 7.68. The van der Waals surface area contributed by atoms with E-state index < -0.39 is 5.72 Å². The van der Waals surface area contributed by atoms with Crippen LogP contribution in [0.5, 0.6) is 0 Å². The molecule has 0 saturated carbocycles. The van der Waals surface area contributed by atoms with Crippen molar-refractivity contribution in [1.29, 1.82) is 0 Å². The van der Waals surface area contributed by atoms with Crippen LogP contribution in [-0.2, 0) is 14.3 Å². The van der Waals surface area contributed by atoms with Gasteiger partial charge in [0.05, 0.1) is 25.1 Å². The van der Waals surface area contributed by atoms with Gasteiger partial charge in [-0.3, -0.25) is 14.4 Å². The zero-order valence-electron chi connectivity index (χ0n) is 16.9. The summed E-state index contributed by atoms with van der Waals surface area (Å²) in [6.07, 6.45) is 4.14. The molecule has 0 radical (unpaired) electrons. The molecule has 0 aliphatic carbocycles. The van der Waals surface area contributed by atoms with Crippen molar-refractivity contribution in [3.63, 3.8) is 0 Å². The van der Waals surface area contributed by atoms with Crippen LogP contribution in [0.4, 0.5) is 0 Å². The molecule has 1 spiro atoms. The summed E-state index contributed by atoms with van der Waals surface area (Å²) in [6, 6.07) is 11.2. The van der Waals surface area contributed by atoms with Gasteiger partial charge in [0.2, 0.25) is 11.7 Å². The first-order chi connectivity index (χ1) is 15.6. The summed E-state index contributed by atoms with van der Waals surface area (Å²) in [5.41, 5.74) is 0.293. The number of hydrogen-bond donors (Lipinski definition) is 1. The van der Waals surface area contributed by atoms with E-state index in [0.29, 0.717) is 25.4 Å². The Morgan fingerprint density at radius 3 is 2.78 bits per heavy atom. The Balaban J connectivity index is 0.000000684. The normalized spacial score (nSPS) is 25.9. The molecule has 0 unspecified atom stereocenters. The Labute approximate surface area is 182 Å². The molecule has 6 rings (SSSR count). The Morgan fingerprint density at radius 2 is 2.03 bits per heavy atom. The van der Waals surface area contributed by atoms with E-state index in [1.54, 1.807) is 23.4 Å². The largest absolute Gasteiger partial charge is 0.483 e. The smallest absolute Gasteiger partial charge is 0.294 e. The van der Waals surface area contributed by atoms with E-state index in [1.165, 1.54) is 4.52 Å². The number of ether oxygens (including phenoxy) is 1. The average molecular weight is 436 g/mol. The molecule has 2 aromatic heterocycles. The predicted octanol–water partition coefficient (Wildman–Crippen LogP) is 0.740. The van der Waals surface area contributed by atoms with E-state index in [1.807, 2.05) is 35.2 Å². The molecular formula is C21H20N6O5. The van der Waals surface area contributed by atoms with Crippen molar-refractivity contribution in [2.75, 3.05) is 13.2 Å². The number of likely N-dealkylation sites (tertiary alicyclic amines) is 1. The maximum atomic E-state index is 13.2. The number of nitrogens with zero attached hydrogens (tertiary/aromatic N) is 6. The Morgan fingerprint density at radius 1 is 1.25 bits per heavy atom. The van der Waals surface area contributed by atoms with Gasteiger partial charge in [-0.15, -0.1) is 5.10 Å². The van der Waals surface area contributed by atoms with E-state index in [0.717, 1.165) is 5.56 Å². The zero-order valence-corrected chi connectivity index (χ0v) is 16.9. The lowest BCUT2D eigenvalue weighted by molar-refractivity contribution is -0.138. The van der Waals surface area contributed by atoms with Crippen LogP contribution in [0.1, 0.15) is 35.1 Å². The van der Waals surface area contributed by atoms with Crippen molar-refractivity contribution in [3.8, 4) is 0 Å². The van der Waals surface area contributed by atoms with E-state index >= 15 is 0 Å². The summed E-state index contributed by atoms with van der Waals surface area (Å²) in [4.78, 5) is 46.4. The minimum Gasteiger partial charge on any atom is -0.483 e. The molecule has 1 N–H and O–H groups in total. The summed E-state index contributed by atoms with van der Waals surface area (Å²) in [5, 5.41) is 11.1. The number of carbonyl (C=O) groups excluding carboxylic acids is 2. The Bertz CT molecular complexity index is 1150. The molecular weight excluding hydrogens is 416 g/mol. The van der Waals surface area contributed by atoms with Crippen molar-refractivity contribution in [1.82, 2.24) is 29.4 Å². The highest BCUT2D eigenvalue weighted by atomic mass is 16.5. The second-order valence-corrected chi connectivity index (χ2v) is 7.72. The van der Waals surface area contributed by atoms with Crippen molar-refractivity contribution < 1.29 is 24.2 Å². The van der Waals surface area contributed by atoms with Gasteiger partial charge in [-0.2, -0.15) is 4.98 Å². The zero-order chi connectivity index (χ0) is 22.3. The Hall–Kier alpha value is -3.86. The molecule has 5 heterocycles. The molecule has 0 bridgehead atoms. The number of rotatable bonds is 2. The van der Waals surface area contributed by atoms with Crippen molar-refractivity contribution >= 4 is 24.1 Å². The monoisotopic (exact) mass is 436 g/mol. The topological polar surface area (TPSA) is 130 Å². The molecule has 3 aliphatic heterocycles. The third-order valence-corrected chi connectivity index (χ3v) is 6.21. The molecule has 3 aliphatic rings. The van der Waals surface area contributed by atoms with Crippen molar-refractivity contribution in [2.24, 2.45) is 0 Å². The van der Waals surface area contributed by atoms with Gasteiger partial charge in [0, 0.05) is 25.4 Å². The first-order valence-corrected chi connectivity index (χ1v) is 10.2. The number of hydrogen-bond acceptors (Lipinski definition) is 7. The number of aromatic nitrogens is 4. The molecule has 11 heteroatoms. The number of carbonyl (C=O) groups is 3. The van der Waals surface area contributed by atoms with E-state index in [9.17, 15) is 9.59 Å². The number of amides is 2. The van der Waals surface area contributed by atoms with Gasteiger partial charge >= 0.3 is 0 Å². The van der Waals surface area contributed by atoms with Crippen LogP contribution >= 0.6 is 0 Å². The molecule has 3 saturated heterocycles. The quantitative estimate of drug-likeness (QED) is 0.582.